The van der Waals surface area contributed by atoms with Gasteiger partial charge in [0, 0.05) is 25.2 Å². The first-order valence-corrected chi connectivity index (χ1v) is 8.36. The second-order valence-corrected chi connectivity index (χ2v) is 5.80. The van der Waals surface area contributed by atoms with E-state index in [2.05, 4.69) is 32.5 Å². The van der Waals surface area contributed by atoms with Crippen molar-refractivity contribution in [1.29, 1.82) is 0 Å². The van der Waals surface area contributed by atoms with E-state index >= 15 is 0 Å². The maximum Gasteiger partial charge on any atom is 0.191 e. The molecule has 6 nitrogen and oxygen atoms in total. The van der Waals surface area contributed by atoms with E-state index in [0.29, 0.717) is 11.9 Å². The van der Waals surface area contributed by atoms with Crippen LogP contribution in [0.2, 0.25) is 0 Å². The van der Waals surface area contributed by atoms with E-state index in [-0.39, 0.29) is 0 Å². The average molecular weight is 296 g/mol. The van der Waals surface area contributed by atoms with Crippen molar-refractivity contribution in [3.63, 3.8) is 0 Å². The third-order valence-corrected chi connectivity index (χ3v) is 4.06. The maximum atomic E-state index is 5.44. The molecule has 0 aromatic carbocycles. The van der Waals surface area contributed by atoms with E-state index in [1.807, 2.05) is 12.3 Å². The van der Waals surface area contributed by atoms with E-state index < -0.39 is 0 Å². The summed E-state index contributed by atoms with van der Waals surface area (Å²) in [6.07, 6.45) is 5.50. The van der Waals surface area contributed by atoms with Crippen molar-refractivity contribution < 1.29 is 0 Å². The summed E-state index contributed by atoms with van der Waals surface area (Å²) in [5.41, 5.74) is 2.59. The van der Waals surface area contributed by atoms with Crippen LogP contribution in [0.4, 0.5) is 11.6 Å². The van der Waals surface area contributed by atoms with E-state index in [4.69, 9.17) is 5.84 Å². The largest absolute Gasteiger partial charge is 0.367 e. The molecule has 0 atom stereocenters. The highest BCUT2D eigenvalue weighted by Gasteiger charge is 2.19. The Morgan fingerprint density at radius 2 is 2.05 bits per heavy atom. The molecule has 0 bridgehead atoms. The quantitative estimate of drug-likeness (QED) is 0.319. The lowest BCUT2D eigenvalue weighted by atomic mass is 10.0. The summed E-state index contributed by atoms with van der Waals surface area (Å²) in [5, 5.41) is 4.23. The van der Waals surface area contributed by atoms with Crippen LogP contribution in [-0.2, 0) is 0 Å². The van der Waals surface area contributed by atoms with Crippen LogP contribution >= 0.6 is 11.8 Å². The third kappa shape index (κ3) is 4.22. The molecule has 0 saturated carbocycles. The number of hydrogen-bond donors (Lipinski definition) is 3. The first kappa shape index (κ1) is 15.3. The summed E-state index contributed by atoms with van der Waals surface area (Å²) in [6.45, 7) is 5.76. The third-order valence-electron chi connectivity index (χ3n) is 3.52. The van der Waals surface area contributed by atoms with Crippen molar-refractivity contribution >= 4 is 23.4 Å². The molecule has 1 fully saturated rings. The molecule has 1 saturated heterocycles. The second kappa shape index (κ2) is 7.66. The number of piperidine rings is 1. The molecule has 7 heteroatoms. The Morgan fingerprint density at radius 1 is 1.35 bits per heavy atom. The molecule has 0 unspecified atom stereocenters. The van der Waals surface area contributed by atoms with Crippen LogP contribution in [0.5, 0.6) is 0 Å². The molecule has 1 aliphatic rings. The van der Waals surface area contributed by atoms with Crippen LogP contribution in [-0.4, -0.2) is 46.8 Å². The van der Waals surface area contributed by atoms with Gasteiger partial charge in [-0.2, -0.15) is 0 Å². The highest BCUT2D eigenvalue weighted by Crippen LogP contribution is 2.20. The number of hydrazine groups is 1. The van der Waals surface area contributed by atoms with Crippen molar-refractivity contribution in [1.82, 2.24) is 14.9 Å². The Kier molecular flexibility index (Phi) is 5.87. The molecule has 0 radical (unpaired) electrons. The molecular weight excluding hydrogens is 272 g/mol. The minimum Gasteiger partial charge on any atom is -0.367 e. The number of nitrogens with one attached hydrogen (secondary N) is 2. The van der Waals surface area contributed by atoms with E-state index in [0.717, 1.165) is 36.9 Å². The Hall–Kier alpha value is -1.05. The summed E-state index contributed by atoms with van der Waals surface area (Å²) < 4.78 is 0. The van der Waals surface area contributed by atoms with Crippen LogP contribution in [0.15, 0.2) is 11.2 Å². The van der Waals surface area contributed by atoms with Gasteiger partial charge in [-0.1, -0.05) is 18.7 Å². The minimum absolute atomic E-state index is 0.485. The molecule has 2 heterocycles. The Bertz CT molecular complexity index is 397. The molecule has 0 amide bonds. The molecule has 1 aromatic rings. The van der Waals surface area contributed by atoms with Gasteiger partial charge in [-0.3, -0.25) is 0 Å². The van der Waals surface area contributed by atoms with Crippen LogP contribution < -0.4 is 16.6 Å². The van der Waals surface area contributed by atoms with Gasteiger partial charge >= 0.3 is 0 Å². The normalized spacial score (nSPS) is 17.1. The van der Waals surface area contributed by atoms with Gasteiger partial charge in [-0.25, -0.2) is 15.8 Å². The molecular formula is C13H24N6S. The monoisotopic (exact) mass is 296 g/mol. The summed E-state index contributed by atoms with van der Waals surface area (Å²) in [5.74, 6) is 6.94. The van der Waals surface area contributed by atoms with E-state index in [1.54, 1.807) is 0 Å². The number of rotatable bonds is 6. The van der Waals surface area contributed by atoms with Gasteiger partial charge in [0.25, 0.3) is 0 Å². The highest BCUT2D eigenvalue weighted by molar-refractivity contribution is 7.98. The second-order valence-electron chi connectivity index (χ2n) is 5.03. The van der Waals surface area contributed by atoms with Crippen molar-refractivity contribution in [3.05, 3.63) is 6.07 Å². The first-order chi connectivity index (χ1) is 9.75. The van der Waals surface area contributed by atoms with Gasteiger partial charge in [0.05, 0.1) is 0 Å². The lowest BCUT2D eigenvalue weighted by Gasteiger charge is -2.32. The maximum absolute atomic E-state index is 5.44. The average Bonchev–Trinajstić information content (AvgIpc) is 2.49. The van der Waals surface area contributed by atoms with Crippen LogP contribution in [0, 0.1) is 0 Å². The number of nitrogens with zero attached hydrogens (tertiary/aromatic N) is 3. The zero-order valence-corrected chi connectivity index (χ0v) is 13.0. The number of aromatic nitrogens is 2. The van der Waals surface area contributed by atoms with Crippen molar-refractivity contribution in [2.45, 2.75) is 37.4 Å². The molecule has 1 aromatic heterocycles. The van der Waals surface area contributed by atoms with Gasteiger partial charge in [0.15, 0.2) is 5.16 Å². The summed E-state index contributed by atoms with van der Waals surface area (Å²) in [7, 11) is 0. The Balaban J connectivity index is 1.93. The van der Waals surface area contributed by atoms with Gasteiger partial charge in [0.2, 0.25) is 0 Å². The van der Waals surface area contributed by atoms with Gasteiger partial charge in [0.1, 0.15) is 11.6 Å². The Labute approximate surface area is 124 Å². The summed E-state index contributed by atoms with van der Waals surface area (Å²) in [4.78, 5) is 11.3. The summed E-state index contributed by atoms with van der Waals surface area (Å²) in [6, 6.07) is 2.34. The fraction of sp³-hybridized carbons (Fsp3) is 0.692. The number of nitrogens with two attached hydrogens (primary N) is 1. The zero-order chi connectivity index (χ0) is 14.4. The molecule has 4 N–H and O–H groups in total. The fourth-order valence-corrected chi connectivity index (χ4v) is 2.87. The molecule has 20 heavy (non-hydrogen) atoms. The molecule has 112 valence electrons. The lowest BCUT2D eigenvalue weighted by Crippen LogP contribution is -2.39. The zero-order valence-electron chi connectivity index (χ0n) is 12.2. The molecule has 0 aliphatic carbocycles. The standard InChI is InChI=1S/C13H24N6S/c1-3-6-19-7-4-10(5-8-19)15-11-9-12(18-14)17-13(16-11)20-2/h9-10H,3-8,14H2,1-2H3,(H2,15,16,17,18). The SMILES string of the molecule is CCCN1CCC(Nc2cc(NN)nc(SC)n2)CC1. The van der Waals surface area contributed by atoms with E-state index in [9.17, 15) is 0 Å². The number of thioether (sulfide) groups is 1. The van der Waals surface area contributed by atoms with E-state index in [1.165, 1.54) is 24.7 Å². The van der Waals surface area contributed by atoms with Gasteiger partial charge in [-0.15, -0.1) is 0 Å². The number of hydrogen-bond acceptors (Lipinski definition) is 7. The smallest absolute Gasteiger partial charge is 0.191 e. The van der Waals surface area contributed by atoms with Crippen LogP contribution in [0.1, 0.15) is 26.2 Å². The van der Waals surface area contributed by atoms with Crippen LogP contribution in [0.3, 0.4) is 0 Å². The molecule has 1 aliphatic heterocycles. The summed E-state index contributed by atoms with van der Waals surface area (Å²) >= 11 is 1.52. The fourth-order valence-electron chi connectivity index (χ4n) is 2.49. The van der Waals surface area contributed by atoms with Crippen LogP contribution in [0.25, 0.3) is 0 Å². The topological polar surface area (TPSA) is 79.1 Å². The number of nitrogen functional groups attached to an aromatic ring is 1. The lowest BCUT2D eigenvalue weighted by molar-refractivity contribution is 0.219. The predicted molar refractivity (Wildman–Crippen MR) is 85.0 cm³/mol. The first-order valence-electron chi connectivity index (χ1n) is 7.13. The van der Waals surface area contributed by atoms with Crippen molar-refractivity contribution in [2.24, 2.45) is 5.84 Å². The Morgan fingerprint density at radius 3 is 2.65 bits per heavy atom. The molecule has 2 rings (SSSR count). The van der Waals surface area contributed by atoms with Gasteiger partial charge in [-0.05, 0) is 32.1 Å². The van der Waals surface area contributed by atoms with Gasteiger partial charge < -0.3 is 15.6 Å². The minimum atomic E-state index is 0.485. The van der Waals surface area contributed by atoms with Crippen molar-refractivity contribution in [3.8, 4) is 0 Å². The highest BCUT2D eigenvalue weighted by atomic mass is 32.2. The predicted octanol–water partition coefficient (Wildman–Crippen LogP) is 1.77. The number of anilines is 2. The molecule has 0 spiro atoms. The van der Waals surface area contributed by atoms with Crippen molar-refractivity contribution in [2.75, 3.05) is 36.6 Å². The number of likely N-dealkylation sites (tertiary alicyclic amines) is 1.